The third kappa shape index (κ3) is 5.21. The molecule has 182 valence electrons. The van der Waals surface area contributed by atoms with Crippen molar-refractivity contribution >= 4 is 51.7 Å². The van der Waals surface area contributed by atoms with E-state index in [9.17, 15) is 14.4 Å². The van der Waals surface area contributed by atoms with E-state index in [1.807, 2.05) is 44.2 Å². The molecule has 1 fully saturated rings. The Balaban J connectivity index is 1.61. The first-order chi connectivity index (χ1) is 16.8. The number of thioether (sulfide) groups is 1. The number of rotatable bonds is 7. The Bertz CT molecular complexity index is 1350. The van der Waals surface area contributed by atoms with Gasteiger partial charge >= 0.3 is 0 Å². The molecule has 35 heavy (non-hydrogen) atoms. The predicted molar refractivity (Wildman–Crippen MR) is 141 cm³/mol. The minimum Gasteiger partial charge on any atom is -0.326 e. The molecule has 1 atom stereocenters. The van der Waals surface area contributed by atoms with Gasteiger partial charge in [-0.2, -0.15) is 0 Å². The summed E-state index contributed by atoms with van der Waals surface area (Å²) in [5, 5.41) is 3.10. The number of hydrogen-bond donors (Lipinski definition) is 1. The molecule has 0 aliphatic carbocycles. The molecule has 3 aromatic rings. The smallest absolute Gasteiger partial charge is 0.297 e. The van der Waals surface area contributed by atoms with Gasteiger partial charge < -0.3 is 5.32 Å². The summed E-state index contributed by atoms with van der Waals surface area (Å²) in [6.07, 6.45) is 0.700. The minimum atomic E-state index is -0.625. The third-order valence-electron chi connectivity index (χ3n) is 5.68. The maximum atomic E-state index is 13.3. The van der Waals surface area contributed by atoms with Crippen LogP contribution in [-0.4, -0.2) is 43.0 Å². The van der Waals surface area contributed by atoms with Crippen LogP contribution in [0.5, 0.6) is 0 Å². The number of aliphatic imine (C=N–C) groups is 1. The molecule has 1 N–H and O–H groups in total. The lowest BCUT2D eigenvalue weighted by molar-refractivity contribution is -0.128. The standard InChI is InChI=1S/C25H26ClN5O3S/c1-4-13-30-23(33)20(15-21(32)27-18-10-8-9-17(26)14-18)35-25(30)28-22-16(2)29(3)31(24(22)34)19-11-6-5-7-12-19/h5-12,14,20H,4,13,15H2,1-3H3,(H,27,32)/t20-/m0/s1. The summed E-state index contributed by atoms with van der Waals surface area (Å²) in [5.41, 5.74) is 1.98. The van der Waals surface area contributed by atoms with E-state index in [4.69, 9.17) is 11.6 Å². The maximum absolute atomic E-state index is 13.3. The highest BCUT2D eigenvalue weighted by molar-refractivity contribution is 8.15. The van der Waals surface area contributed by atoms with Crippen molar-refractivity contribution in [1.82, 2.24) is 14.3 Å². The first-order valence-corrected chi connectivity index (χ1v) is 12.5. The molecule has 0 spiro atoms. The number of carbonyl (C=O) groups excluding carboxylic acids is 2. The highest BCUT2D eigenvalue weighted by atomic mass is 35.5. The van der Waals surface area contributed by atoms with Gasteiger partial charge in [0.1, 0.15) is 5.25 Å². The van der Waals surface area contributed by atoms with Crippen molar-refractivity contribution in [3.63, 3.8) is 0 Å². The fourth-order valence-electron chi connectivity index (χ4n) is 3.88. The number of hydrogen-bond acceptors (Lipinski definition) is 5. The molecule has 0 bridgehead atoms. The van der Waals surface area contributed by atoms with E-state index in [0.29, 0.717) is 28.1 Å². The van der Waals surface area contributed by atoms with E-state index < -0.39 is 5.25 Å². The average Bonchev–Trinajstić information content (AvgIpc) is 3.22. The lowest BCUT2D eigenvalue weighted by atomic mass is 10.2. The number of nitrogens with one attached hydrogen (secondary N) is 1. The second-order valence-electron chi connectivity index (χ2n) is 8.16. The van der Waals surface area contributed by atoms with Crippen molar-refractivity contribution in [2.24, 2.45) is 12.0 Å². The van der Waals surface area contributed by atoms with Gasteiger partial charge in [-0.1, -0.05) is 54.6 Å². The van der Waals surface area contributed by atoms with Gasteiger partial charge in [-0.3, -0.25) is 24.0 Å². The van der Waals surface area contributed by atoms with Gasteiger partial charge in [0.15, 0.2) is 10.9 Å². The number of amides is 2. The normalized spacial score (nSPS) is 16.8. The first kappa shape index (κ1) is 24.8. The molecular weight excluding hydrogens is 486 g/mol. The Morgan fingerprint density at radius 3 is 2.57 bits per heavy atom. The minimum absolute atomic E-state index is 0.0166. The molecule has 2 amide bonds. The van der Waals surface area contributed by atoms with Crippen molar-refractivity contribution < 1.29 is 9.59 Å². The lowest BCUT2D eigenvalue weighted by Crippen LogP contribution is -2.34. The summed E-state index contributed by atoms with van der Waals surface area (Å²) in [4.78, 5) is 45.3. The Morgan fingerprint density at radius 1 is 1.14 bits per heavy atom. The van der Waals surface area contributed by atoms with Gasteiger partial charge in [0, 0.05) is 30.7 Å². The molecule has 1 aliphatic rings. The third-order valence-corrected chi connectivity index (χ3v) is 7.09. The number of carbonyl (C=O) groups is 2. The zero-order valence-corrected chi connectivity index (χ0v) is 21.3. The fourth-order valence-corrected chi connectivity index (χ4v) is 5.24. The largest absolute Gasteiger partial charge is 0.326 e. The van der Waals surface area contributed by atoms with Crippen LogP contribution in [0, 0.1) is 6.92 Å². The Kier molecular flexibility index (Phi) is 7.47. The molecule has 10 heteroatoms. The van der Waals surface area contributed by atoms with Crippen LogP contribution in [0.15, 0.2) is 64.4 Å². The maximum Gasteiger partial charge on any atom is 0.297 e. The number of halogens is 1. The summed E-state index contributed by atoms with van der Waals surface area (Å²) in [7, 11) is 1.80. The highest BCUT2D eigenvalue weighted by Crippen LogP contribution is 2.32. The number of aromatic nitrogens is 2. The van der Waals surface area contributed by atoms with Crippen molar-refractivity contribution in [3.05, 3.63) is 75.7 Å². The van der Waals surface area contributed by atoms with E-state index in [1.54, 1.807) is 45.6 Å². The van der Waals surface area contributed by atoms with Gasteiger partial charge in [0.25, 0.3) is 5.56 Å². The fraction of sp³-hybridized carbons (Fsp3) is 0.280. The van der Waals surface area contributed by atoms with E-state index in [0.717, 1.165) is 12.1 Å². The molecule has 2 heterocycles. The molecule has 1 aliphatic heterocycles. The van der Waals surface area contributed by atoms with Crippen LogP contribution in [0.4, 0.5) is 11.4 Å². The van der Waals surface area contributed by atoms with E-state index in [1.165, 1.54) is 11.8 Å². The SMILES string of the molecule is CCCN1C(=O)[C@H](CC(=O)Nc2cccc(Cl)c2)SC1=Nc1c(C)n(C)n(-c2ccccc2)c1=O. The van der Waals surface area contributed by atoms with Crippen LogP contribution >= 0.6 is 23.4 Å². The molecule has 1 aromatic heterocycles. The van der Waals surface area contributed by atoms with Crippen molar-refractivity contribution in [3.8, 4) is 5.69 Å². The van der Waals surface area contributed by atoms with Crippen LogP contribution in [0.1, 0.15) is 25.5 Å². The molecule has 8 nitrogen and oxygen atoms in total. The van der Waals surface area contributed by atoms with Crippen LogP contribution in [0.3, 0.4) is 0 Å². The molecule has 2 aromatic carbocycles. The second-order valence-corrected chi connectivity index (χ2v) is 9.77. The summed E-state index contributed by atoms with van der Waals surface area (Å²) >= 11 is 7.20. The quantitative estimate of drug-likeness (QED) is 0.505. The number of amidine groups is 1. The van der Waals surface area contributed by atoms with Gasteiger partial charge in [-0.05, 0) is 43.7 Å². The van der Waals surface area contributed by atoms with Crippen molar-refractivity contribution in [2.75, 3.05) is 11.9 Å². The summed E-state index contributed by atoms with van der Waals surface area (Å²) in [5.74, 6) is -0.480. The van der Waals surface area contributed by atoms with Gasteiger partial charge in [-0.25, -0.2) is 9.67 Å². The molecule has 1 saturated heterocycles. The van der Waals surface area contributed by atoms with E-state index in [-0.39, 0.29) is 29.5 Å². The van der Waals surface area contributed by atoms with E-state index in [2.05, 4.69) is 10.3 Å². The van der Waals surface area contributed by atoms with Crippen LogP contribution in [0.2, 0.25) is 5.02 Å². The predicted octanol–water partition coefficient (Wildman–Crippen LogP) is 4.51. The highest BCUT2D eigenvalue weighted by Gasteiger charge is 2.39. The Hall–Kier alpha value is -3.30. The second kappa shape index (κ2) is 10.5. The van der Waals surface area contributed by atoms with Crippen molar-refractivity contribution in [1.29, 1.82) is 0 Å². The Morgan fingerprint density at radius 2 is 1.89 bits per heavy atom. The molecule has 0 radical (unpaired) electrons. The summed E-state index contributed by atoms with van der Waals surface area (Å²) < 4.78 is 3.30. The molecule has 0 saturated carbocycles. The van der Waals surface area contributed by atoms with Gasteiger partial charge in [0.2, 0.25) is 11.8 Å². The molecular formula is C25H26ClN5O3S. The Labute approximate surface area is 212 Å². The van der Waals surface area contributed by atoms with Crippen LogP contribution in [-0.2, 0) is 16.6 Å². The van der Waals surface area contributed by atoms with Crippen molar-refractivity contribution in [2.45, 2.75) is 31.9 Å². The lowest BCUT2D eigenvalue weighted by Gasteiger charge is -2.15. The average molecular weight is 512 g/mol. The van der Waals surface area contributed by atoms with Gasteiger partial charge in [-0.15, -0.1) is 0 Å². The van der Waals surface area contributed by atoms with Crippen LogP contribution < -0.4 is 10.9 Å². The number of benzene rings is 2. The van der Waals surface area contributed by atoms with Crippen LogP contribution in [0.25, 0.3) is 5.69 Å². The van der Waals surface area contributed by atoms with E-state index >= 15 is 0 Å². The summed E-state index contributed by atoms with van der Waals surface area (Å²) in [6, 6.07) is 16.2. The molecule has 0 unspecified atom stereocenters. The van der Waals surface area contributed by atoms with Gasteiger partial charge in [0.05, 0.1) is 11.4 Å². The molecule has 4 rings (SSSR count). The number of nitrogens with zero attached hydrogens (tertiary/aromatic N) is 4. The summed E-state index contributed by atoms with van der Waals surface area (Å²) in [6.45, 7) is 4.24. The first-order valence-electron chi connectivity index (χ1n) is 11.3. The zero-order chi connectivity index (χ0) is 25.1. The number of anilines is 1. The topological polar surface area (TPSA) is 88.7 Å². The zero-order valence-electron chi connectivity index (χ0n) is 19.7. The number of para-hydroxylation sites is 1. The monoisotopic (exact) mass is 511 g/mol.